The van der Waals surface area contributed by atoms with Gasteiger partial charge in [-0.2, -0.15) is 0 Å². The SMILES string of the molecule is CCC(C)c1cnc(C(C)C)c(OC)n1. The van der Waals surface area contributed by atoms with Gasteiger partial charge >= 0.3 is 0 Å². The largest absolute Gasteiger partial charge is 0.480 e. The summed E-state index contributed by atoms with van der Waals surface area (Å²) in [4.78, 5) is 8.93. The minimum absolute atomic E-state index is 0.346. The molecule has 0 radical (unpaired) electrons. The third-order valence-electron chi connectivity index (χ3n) is 2.64. The Morgan fingerprint density at radius 1 is 1.33 bits per heavy atom. The summed E-state index contributed by atoms with van der Waals surface area (Å²) in [6, 6.07) is 0. The number of rotatable bonds is 4. The number of hydrogen-bond acceptors (Lipinski definition) is 3. The summed E-state index contributed by atoms with van der Waals surface area (Å²) >= 11 is 0. The monoisotopic (exact) mass is 208 g/mol. The molecule has 0 aliphatic carbocycles. The van der Waals surface area contributed by atoms with E-state index in [9.17, 15) is 0 Å². The Hall–Kier alpha value is -1.12. The molecule has 0 amide bonds. The zero-order valence-electron chi connectivity index (χ0n) is 10.2. The maximum Gasteiger partial charge on any atom is 0.235 e. The molecular formula is C12H20N2O. The first kappa shape index (κ1) is 12.0. The molecule has 3 nitrogen and oxygen atoms in total. The van der Waals surface area contributed by atoms with Crippen molar-refractivity contribution in [2.75, 3.05) is 7.11 Å². The Morgan fingerprint density at radius 2 is 2.00 bits per heavy atom. The van der Waals surface area contributed by atoms with Crippen LogP contribution in [0.15, 0.2) is 6.20 Å². The predicted octanol–water partition coefficient (Wildman–Crippen LogP) is 3.12. The number of nitrogens with zero attached hydrogens (tertiary/aromatic N) is 2. The molecule has 0 aromatic carbocycles. The van der Waals surface area contributed by atoms with E-state index < -0.39 is 0 Å². The second-order valence-electron chi connectivity index (χ2n) is 4.15. The lowest BCUT2D eigenvalue weighted by Crippen LogP contribution is -2.05. The van der Waals surface area contributed by atoms with E-state index >= 15 is 0 Å². The molecule has 0 spiro atoms. The molecule has 1 unspecified atom stereocenters. The van der Waals surface area contributed by atoms with Gasteiger partial charge in [-0.3, -0.25) is 4.98 Å². The summed E-state index contributed by atoms with van der Waals surface area (Å²) in [7, 11) is 1.65. The molecule has 1 heterocycles. The highest BCUT2D eigenvalue weighted by Gasteiger charge is 2.13. The van der Waals surface area contributed by atoms with Crippen molar-refractivity contribution in [3.05, 3.63) is 17.6 Å². The smallest absolute Gasteiger partial charge is 0.235 e. The summed E-state index contributed by atoms with van der Waals surface area (Å²) in [5.74, 6) is 1.45. The van der Waals surface area contributed by atoms with Gasteiger partial charge in [0, 0.05) is 12.1 Å². The first-order valence-electron chi connectivity index (χ1n) is 5.50. The van der Waals surface area contributed by atoms with Crippen molar-refractivity contribution >= 4 is 0 Å². The summed E-state index contributed by atoms with van der Waals surface area (Å²) in [5, 5.41) is 0. The van der Waals surface area contributed by atoms with Crippen LogP contribution in [-0.2, 0) is 0 Å². The molecule has 0 saturated carbocycles. The number of aromatic nitrogens is 2. The lowest BCUT2D eigenvalue weighted by Gasteiger charge is -2.13. The average Bonchev–Trinajstić information content (AvgIpc) is 2.26. The molecule has 0 bridgehead atoms. The molecule has 0 saturated heterocycles. The highest BCUT2D eigenvalue weighted by atomic mass is 16.5. The Balaban J connectivity index is 3.07. The van der Waals surface area contributed by atoms with E-state index in [0.717, 1.165) is 17.8 Å². The standard InChI is InChI=1S/C12H20N2O/c1-6-9(4)10-7-13-11(8(2)3)12(14-10)15-5/h7-9H,6H2,1-5H3. The van der Waals surface area contributed by atoms with Crippen molar-refractivity contribution in [1.29, 1.82) is 0 Å². The zero-order valence-corrected chi connectivity index (χ0v) is 10.2. The average molecular weight is 208 g/mol. The van der Waals surface area contributed by atoms with Gasteiger partial charge in [0.1, 0.15) is 5.69 Å². The highest BCUT2D eigenvalue weighted by molar-refractivity contribution is 5.24. The van der Waals surface area contributed by atoms with Crippen LogP contribution in [0.3, 0.4) is 0 Å². The normalized spacial score (nSPS) is 12.9. The third-order valence-corrected chi connectivity index (χ3v) is 2.64. The first-order valence-corrected chi connectivity index (χ1v) is 5.50. The maximum atomic E-state index is 5.27. The van der Waals surface area contributed by atoms with E-state index in [2.05, 4.69) is 37.7 Å². The van der Waals surface area contributed by atoms with Crippen LogP contribution in [0.1, 0.15) is 57.3 Å². The van der Waals surface area contributed by atoms with Gasteiger partial charge in [-0.25, -0.2) is 4.98 Å². The molecule has 1 atom stereocenters. The van der Waals surface area contributed by atoms with Crippen LogP contribution in [0, 0.1) is 0 Å². The fourth-order valence-corrected chi connectivity index (χ4v) is 1.39. The Morgan fingerprint density at radius 3 is 2.47 bits per heavy atom. The number of ether oxygens (including phenoxy) is 1. The van der Waals surface area contributed by atoms with Gasteiger partial charge in [0.15, 0.2) is 0 Å². The van der Waals surface area contributed by atoms with Crippen molar-refractivity contribution in [3.63, 3.8) is 0 Å². The van der Waals surface area contributed by atoms with E-state index in [1.165, 1.54) is 0 Å². The Kier molecular flexibility index (Phi) is 4.06. The van der Waals surface area contributed by atoms with Crippen LogP contribution in [0.25, 0.3) is 0 Å². The fourth-order valence-electron chi connectivity index (χ4n) is 1.39. The van der Waals surface area contributed by atoms with Crippen LogP contribution in [-0.4, -0.2) is 17.1 Å². The zero-order chi connectivity index (χ0) is 11.4. The number of methoxy groups -OCH3 is 1. The van der Waals surface area contributed by atoms with E-state index in [0.29, 0.717) is 17.7 Å². The minimum atomic E-state index is 0.346. The van der Waals surface area contributed by atoms with Crippen molar-refractivity contribution in [2.24, 2.45) is 0 Å². The molecule has 0 fully saturated rings. The van der Waals surface area contributed by atoms with Crippen molar-refractivity contribution in [3.8, 4) is 5.88 Å². The van der Waals surface area contributed by atoms with Crippen molar-refractivity contribution < 1.29 is 4.74 Å². The fraction of sp³-hybridized carbons (Fsp3) is 0.667. The molecule has 0 aliphatic heterocycles. The predicted molar refractivity (Wildman–Crippen MR) is 61.4 cm³/mol. The van der Waals surface area contributed by atoms with E-state index in [1.807, 2.05) is 6.20 Å². The van der Waals surface area contributed by atoms with Crippen LogP contribution in [0.4, 0.5) is 0 Å². The molecule has 0 aliphatic rings. The molecule has 1 rings (SSSR count). The second kappa shape index (κ2) is 5.10. The highest BCUT2D eigenvalue weighted by Crippen LogP contribution is 2.24. The molecule has 1 aromatic rings. The van der Waals surface area contributed by atoms with E-state index in [4.69, 9.17) is 4.74 Å². The topological polar surface area (TPSA) is 35.0 Å². The first-order chi connectivity index (χ1) is 7.10. The van der Waals surface area contributed by atoms with E-state index in [1.54, 1.807) is 7.11 Å². The summed E-state index contributed by atoms with van der Waals surface area (Å²) < 4.78 is 5.27. The summed E-state index contributed by atoms with van der Waals surface area (Å²) in [6.45, 7) is 8.48. The molecule has 84 valence electrons. The molecule has 1 aromatic heterocycles. The van der Waals surface area contributed by atoms with Gasteiger partial charge in [0.25, 0.3) is 0 Å². The van der Waals surface area contributed by atoms with Crippen LogP contribution in [0.5, 0.6) is 5.88 Å². The second-order valence-corrected chi connectivity index (χ2v) is 4.15. The van der Waals surface area contributed by atoms with Gasteiger partial charge in [-0.05, 0) is 12.3 Å². The summed E-state index contributed by atoms with van der Waals surface area (Å²) in [6.07, 6.45) is 2.94. The molecule has 15 heavy (non-hydrogen) atoms. The molecule has 0 N–H and O–H groups in total. The quantitative estimate of drug-likeness (QED) is 0.762. The van der Waals surface area contributed by atoms with Crippen LogP contribution in [0.2, 0.25) is 0 Å². The lowest BCUT2D eigenvalue weighted by atomic mass is 10.1. The summed E-state index contributed by atoms with van der Waals surface area (Å²) in [5.41, 5.74) is 1.95. The van der Waals surface area contributed by atoms with Gasteiger partial charge in [0.2, 0.25) is 5.88 Å². The van der Waals surface area contributed by atoms with Crippen molar-refractivity contribution in [2.45, 2.75) is 46.0 Å². The molecule has 3 heteroatoms. The van der Waals surface area contributed by atoms with Crippen LogP contribution < -0.4 is 4.74 Å². The number of hydrogen-bond donors (Lipinski definition) is 0. The third kappa shape index (κ3) is 2.67. The van der Waals surface area contributed by atoms with Crippen LogP contribution >= 0.6 is 0 Å². The minimum Gasteiger partial charge on any atom is -0.480 e. The van der Waals surface area contributed by atoms with Gasteiger partial charge in [0.05, 0.1) is 12.8 Å². The Labute approximate surface area is 91.9 Å². The maximum absolute atomic E-state index is 5.27. The Bertz CT molecular complexity index is 323. The molecular weight excluding hydrogens is 188 g/mol. The van der Waals surface area contributed by atoms with Gasteiger partial charge < -0.3 is 4.74 Å². The van der Waals surface area contributed by atoms with Gasteiger partial charge in [-0.15, -0.1) is 0 Å². The lowest BCUT2D eigenvalue weighted by molar-refractivity contribution is 0.383. The van der Waals surface area contributed by atoms with E-state index in [-0.39, 0.29) is 0 Å². The van der Waals surface area contributed by atoms with Gasteiger partial charge in [-0.1, -0.05) is 27.7 Å². The van der Waals surface area contributed by atoms with Crippen molar-refractivity contribution in [1.82, 2.24) is 9.97 Å².